The summed E-state index contributed by atoms with van der Waals surface area (Å²) < 4.78 is 4.69. The van der Waals surface area contributed by atoms with Crippen molar-refractivity contribution in [3.63, 3.8) is 0 Å². The van der Waals surface area contributed by atoms with Crippen LogP contribution in [0.5, 0.6) is 0 Å². The minimum Gasteiger partial charge on any atom is -0.388 e. The average Bonchev–Trinajstić information content (AvgIpc) is 2.13. The van der Waals surface area contributed by atoms with Crippen LogP contribution in [-0.2, 0) is 9.53 Å². The van der Waals surface area contributed by atoms with Crippen molar-refractivity contribution in [2.75, 3.05) is 6.61 Å². The number of hydroxylamine groups is 1. The molecule has 1 saturated heterocycles. The van der Waals surface area contributed by atoms with Gasteiger partial charge in [0.15, 0.2) is 6.10 Å². The molecule has 0 saturated carbocycles. The molecule has 0 unspecified atom stereocenters. The van der Waals surface area contributed by atoms with Crippen LogP contribution in [0.3, 0.4) is 0 Å². The Hall–Kier alpha value is -0.730. The Balaban J connectivity index is 2.63. The van der Waals surface area contributed by atoms with Crippen LogP contribution < -0.4 is 5.48 Å². The van der Waals surface area contributed by atoms with E-state index >= 15 is 0 Å². The number of hydrogen-bond acceptors (Lipinski definition) is 6. The Morgan fingerprint density at radius 3 is 2.46 bits per heavy atom. The number of hydrogen-bond donors (Lipinski definition) is 5. The molecule has 1 heterocycles. The molecule has 0 spiro atoms. The molecule has 1 aliphatic heterocycles. The van der Waals surface area contributed by atoms with E-state index in [0.717, 1.165) is 0 Å². The van der Waals surface area contributed by atoms with E-state index in [-0.39, 0.29) is 6.61 Å². The smallest absolute Gasteiger partial charge is 0.275 e. The lowest BCUT2D eigenvalue weighted by atomic mass is 10.00. The maximum Gasteiger partial charge on any atom is 0.275 e. The molecule has 0 aliphatic carbocycles. The van der Waals surface area contributed by atoms with E-state index in [9.17, 15) is 9.90 Å². The van der Waals surface area contributed by atoms with Gasteiger partial charge in [0.25, 0.3) is 5.91 Å². The highest BCUT2D eigenvalue weighted by atomic mass is 16.5. The van der Waals surface area contributed by atoms with E-state index in [1.54, 1.807) is 0 Å². The number of ether oxygens (including phenoxy) is 1. The van der Waals surface area contributed by atoms with E-state index in [0.29, 0.717) is 0 Å². The van der Waals surface area contributed by atoms with E-state index in [2.05, 4.69) is 0 Å². The van der Waals surface area contributed by atoms with E-state index in [1.165, 1.54) is 5.48 Å². The van der Waals surface area contributed by atoms with Gasteiger partial charge < -0.3 is 20.1 Å². The molecule has 1 aliphatic rings. The summed E-state index contributed by atoms with van der Waals surface area (Å²) in [5.74, 6) is -0.960. The van der Waals surface area contributed by atoms with Gasteiger partial charge >= 0.3 is 0 Å². The zero-order valence-corrected chi connectivity index (χ0v) is 6.62. The highest BCUT2D eigenvalue weighted by molar-refractivity contribution is 5.80. The Bertz CT molecular complexity index is 198. The van der Waals surface area contributed by atoms with Gasteiger partial charge in [-0.3, -0.25) is 10.0 Å². The van der Waals surface area contributed by atoms with Crippen molar-refractivity contribution in [2.24, 2.45) is 0 Å². The van der Waals surface area contributed by atoms with Crippen LogP contribution in [0.1, 0.15) is 0 Å². The maximum atomic E-state index is 10.8. The topological polar surface area (TPSA) is 119 Å². The monoisotopic (exact) mass is 193 g/mol. The predicted octanol–water partition coefficient (Wildman–Crippen LogP) is -3.03. The summed E-state index contributed by atoms with van der Waals surface area (Å²) in [5, 5.41) is 35.5. The first kappa shape index (κ1) is 10.4. The maximum absolute atomic E-state index is 10.8. The van der Waals surface area contributed by atoms with Crippen molar-refractivity contribution in [2.45, 2.75) is 24.4 Å². The van der Waals surface area contributed by atoms with Crippen LogP contribution in [0, 0.1) is 0 Å². The highest BCUT2D eigenvalue weighted by Gasteiger charge is 2.41. The van der Waals surface area contributed by atoms with Gasteiger partial charge in [0.05, 0.1) is 6.61 Å². The third kappa shape index (κ3) is 1.95. The first-order chi connectivity index (χ1) is 6.07. The summed E-state index contributed by atoms with van der Waals surface area (Å²) in [6, 6.07) is 0. The number of rotatable bonds is 1. The van der Waals surface area contributed by atoms with Crippen molar-refractivity contribution in [1.82, 2.24) is 5.48 Å². The molecule has 7 heteroatoms. The molecule has 0 aromatic carbocycles. The van der Waals surface area contributed by atoms with Crippen molar-refractivity contribution in [1.29, 1.82) is 0 Å². The Labute approximate surface area is 73.5 Å². The summed E-state index contributed by atoms with van der Waals surface area (Å²) in [7, 11) is 0. The molecule has 1 rings (SSSR count). The molecule has 0 aromatic heterocycles. The van der Waals surface area contributed by atoms with E-state index in [4.69, 9.17) is 20.2 Å². The van der Waals surface area contributed by atoms with E-state index in [1.807, 2.05) is 0 Å². The molecule has 1 amide bonds. The lowest BCUT2D eigenvalue weighted by Crippen LogP contribution is -2.57. The number of nitrogens with one attached hydrogen (secondary N) is 1. The van der Waals surface area contributed by atoms with Crippen LogP contribution in [0.25, 0.3) is 0 Å². The quantitative estimate of drug-likeness (QED) is 0.223. The molecule has 5 N–H and O–H groups in total. The van der Waals surface area contributed by atoms with Gasteiger partial charge in [-0.1, -0.05) is 0 Å². The fraction of sp³-hybridized carbons (Fsp3) is 0.833. The van der Waals surface area contributed by atoms with Crippen molar-refractivity contribution < 1.29 is 30.1 Å². The molecule has 76 valence electrons. The summed E-state index contributed by atoms with van der Waals surface area (Å²) in [4.78, 5) is 10.8. The van der Waals surface area contributed by atoms with Gasteiger partial charge in [0.2, 0.25) is 0 Å². The van der Waals surface area contributed by atoms with Crippen molar-refractivity contribution in [3.05, 3.63) is 0 Å². The SMILES string of the molecule is O=C(NO)[C@H]1OC[C@H](O)[C@@H](O)[C@H]1O. The largest absolute Gasteiger partial charge is 0.388 e. The normalized spacial score (nSPS) is 40.0. The molecule has 1 fully saturated rings. The third-order valence-corrected chi connectivity index (χ3v) is 1.87. The van der Waals surface area contributed by atoms with Crippen molar-refractivity contribution in [3.8, 4) is 0 Å². The van der Waals surface area contributed by atoms with Gasteiger partial charge in [-0.05, 0) is 0 Å². The minimum atomic E-state index is -1.55. The second-order valence-electron chi connectivity index (χ2n) is 2.78. The molecule has 13 heavy (non-hydrogen) atoms. The second kappa shape index (κ2) is 3.99. The molecule has 7 nitrogen and oxygen atoms in total. The fourth-order valence-corrected chi connectivity index (χ4v) is 1.10. The van der Waals surface area contributed by atoms with Gasteiger partial charge in [0.1, 0.15) is 18.3 Å². The van der Waals surface area contributed by atoms with Crippen LogP contribution in [-0.4, -0.2) is 57.5 Å². The first-order valence-corrected chi connectivity index (χ1v) is 3.67. The molecule has 0 radical (unpaired) electrons. The predicted molar refractivity (Wildman–Crippen MR) is 37.7 cm³/mol. The molecule has 0 aromatic rings. The fourth-order valence-electron chi connectivity index (χ4n) is 1.10. The highest BCUT2D eigenvalue weighted by Crippen LogP contribution is 2.15. The number of amides is 1. The van der Waals surface area contributed by atoms with Crippen LogP contribution in [0.4, 0.5) is 0 Å². The van der Waals surface area contributed by atoms with Gasteiger partial charge in [-0.2, -0.15) is 0 Å². The number of aliphatic hydroxyl groups is 3. The lowest BCUT2D eigenvalue weighted by Gasteiger charge is -2.33. The third-order valence-electron chi connectivity index (χ3n) is 1.87. The standard InChI is InChI=1S/C6H11NO6/c8-2-1-13-5(6(11)7-12)4(10)3(2)9/h2-5,8-10,12H,1H2,(H,7,11)/t2-,3+,4+,5-/m0/s1. The van der Waals surface area contributed by atoms with Crippen LogP contribution in [0.2, 0.25) is 0 Å². The summed E-state index contributed by atoms with van der Waals surface area (Å²) in [6.45, 7) is -0.268. The summed E-state index contributed by atoms with van der Waals surface area (Å²) in [5.41, 5.74) is 1.28. The van der Waals surface area contributed by atoms with Crippen molar-refractivity contribution >= 4 is 5.91 Å². The average molecular weight is 193 g/mol. The second-order valence-corrected chi connectivity index (χ2v) is 2.78. The Kier molecular flexibility index (Phi) is 3.17. The van der Waals surface area contributed by atoms with E-state index < -0.39 is 30.3 Å². The molecular weight excluding hydrogens is 182 g/mol. The van der Waals surface area contributed by atoms with Gasteiger partial charge in [-0.15, -0.1) is 0 Å². The summed E-state index contributed by atoms with van der Waals surface area (Å²) in [6.07, 6.45) is -5.58. The first-order valence-electron chi connectivity index (χ1n) is 3.67. The molecule has 0 bridgehead atoms. The van der Waals surface area contributed by atoms with Gasteiger partial charge in [0, 0.05) is 0 Å². The van der Waals surface area contributed by atoms with Crippen LogP contribution >= 0.6 is 0 Å². The lowest BCUT2D eigenvalue weighted by molar-refractivity contribution is -0.196. The number of carbonyl (C=O) groups excluding carboxylic acids is 1. The number of aliphatic hydroxyl groups excluding tert-OH is 3. The summed E-state index contributed by atoms with van der Waals surface area (Å²) >= 11 is 0. The zero-order chi connectivity index (χ0) is 10.0. The zero-order valence-electron chi connectivity index (χ0n) is 6.62. The molecule has 4 atom stereocenters. The van der Waals surface area contributed by atoms with Crippen LogP contribution in [0.15, 0.2) is 0 Å². The Morgan fingerprint density at radius 2 is 1.92 bits per heavy atom. The minimum absolute atomic E-state index is 0.268. The van der Waals surface area contributed by atoms with Gasteiger partial charge in [-0.25, -0.2) is 5.48 Å². The molecular formula is C6H11NO6. The number of carbonyl (C=O) groups is 1. The Morgan fingerprint density at radius 1 is 1.31 bits per heavy atom.